The van der Waals surface area contributed by atoms with E-state index >= 15 is 0 Å². The molecular formula is C14H12O4. The quantitative estimate of drug-likeness (QED) is 0.867. The van der Waals surface area contributed by atoms with Crippen molar-refractivity contribution in [3.8, 4) is 11.5 Å². The predicted octanol–water partition coefficient (Wildman–Crippen LogP) is 2.67. The summed E-state index contributed by atoms with van der Waals surface area (Å²) in [5.41, 5.74) is 0.887. The summed E-state index contributed by atoms with van der Waals surface area (Å²) in [4.78, 5) is 11.0. The summed E-state index contributed by atoms with van der Waals surface area (Å²) in [6, 6.07) is 13.3. The molecule has 4 nitrogen and oxygen atoms in total. The highest BCUT2D eigenvalue weighted by atomic mass is 16.5. The van der Waals surface area contributed by atoms with E-state index in [1.807, 2.05) is 0 Å². The maximum Gasteiger partial charge on any atom is 0.339 e. The molecule has 0 atom stereocenters. The van der Waals surface area contributed by atoms with E-state index < -0.39 is 5.97 Å². The second-order valence-electron chi connectivity index (χ2n) is 3.71. The summed E-state index contributed by atoms with van der Waals surface area (Å²) in [7, 11) is 0. The van der Waals surface area contributed by atoms with Crippen LogP contribution in [0.1, 0.15) is 15.9 Å². The van der Waals surface area contributed by atoms with E-state index in [1.165, 1.54) is 6.07 Å². The Labute approximate surface area is 104 Å². The zero-order valence-electron chi connectivity index (χ0n) is 9.54. The number of ether oxygens (including phenoxy) is 1. The maximum atomic E-state index is 11.0. The highest BCUT2D eigenvalue weighted by Crippen LogP contribution is 2.25. The molecule has 0 bridgehead atoms. The smallest absolute Gasteiger partial charge is 0.339 e. The molecule has 0 aliphatic rings. The number of carbonyl (C=O) groups is 1. The fourth-order valence-electron chi connectivity index (χ4n) is 1.52. The monoisotopic (exact) mass is 244 g/mol. The van der Waals surface area contributed by atoms with Crippen LogP contribution in [0.2, 0.25) is 0 Å². The van der Waals surface area contributed by atoms with Crippen molar-refractivity contribution in [2.45, 2.75) is 6.61 Å². The van der Waals surface area contributed by atoms with Crippen LogP contribution in [0.5, 0.6) is 11.5 Å². The summed E-state index contributed by atoms with van der Waals surface area (Å²) in [5.74, 6) is -0.208. The first kappa shape index (κ1) is 12.1. The number of carboxylic acid groups (broad SMARTS) is 1. The zero-order chi connectivity index (χ0) is 13.0. The molecule has 2 aromatic rings. The van der Waals surface area contributed by atoms with Crippen molar-refractivity contribution in [3.05, 3.63) is 59.7 Å². The van der Waals surface area contributed by atoms with Gasteiger partial charge in [0.1, 0.15) is 17.1 Å². The molecule has 4 heteroatoms. The average Bonchev–Trinajstić information content (AvgIpc) is 2.40. The van der Waals surface area contributed by atoms with Crippen LogP contribution in [0.3, 0.4) is 0 Å². The molecule has 2 N–H and O–H groups in total. The summed E-state index contributed by atoms with van der Waals surface area (Å²) >= 11 is 0. The van der Waals surface area contributed by atoms with Gasteiger partial charge in [-0.25, -0.2) is 4.79 Å². The topological polar surface area (TPSA) is 66.8 Å². The number of aliphatic hydroxyl groups is 1. The van der Waals surface area contributed by atoms with Crippen molar-refractivity contribution in [1.82, 2.24) is 0 Å². The summed E-state index contributed by atoms with van der Waals surface area (Å²) in [5, 5.41) is 17.9. The van der Waals surface area contributed by atoms with Crippen molar-refractivity contribution in [3.63, 3.8) is 0 Å². The third-order valence-electron chi connectivity index (χ3n) is 2.45. The SMILES string of the molecule is O=C(O)c1ccccc1Oc1ccc(CO)cc1. The molecule has 0 radical (unpaired) electrons. The second kappa shape index (κ2) is 5.33. The van der Waals surface area contributed by atoms with Gasteiger partial charge in [-0.05, 0) is 29.8 Å². The lowest BCUT2D eigenvalue weighted by Crippen LogP contribution is -1.99. The molecule has 0 amide bonds. The molecule has 0 aliphatic carbocycles. The summed E-state index contributed by atoms with van der Waals surface area (Å²) in [6.07, 6.45) is 0. The minimum absolute atomic E-state index is 0.0357. The zero-order valence-corrected chi connectivity index (χ0v) is 9.54. The molecule has 0 saturated carbocycles. The van der Waals surface area contributed by atoms with Crippen molar-refractivity contribution >= 4 is 5.97 Å². The molecule has 18 heavy (non-hydrogen) atoms. The second-order valence-corrected chi connectivity index (χ2v) is 3.71. The van der Waals surface area contributed by atoms with Crippen molar-refractivity contribution in [1.29, 1.82) is 0 Å². The minimum atomic E-state index is -1.03. The van der Waals surface area contributed by atoms with E-state index in [-0.39, 0.29) is 12.2 Å². The predicted molar refractivity (Wildman–Crippen MR) is 65.8 cm³/mol. The van der Waals surface area contributed by atoms with Crippen LogP contribution in [0, 0.1) is 0 Å². The highest BCUT2D eigenvalue weighted by molar-refractivity contribution is 5.90. The Bertz CT molecular complexity index is 546. The van der Waals surface area contributed by atoms with Gasteiger partial charge in [-0.1, -0.05) is 24.3 Å². The lowest BCUT2D eigenvalue weighted by Gasteiger charge is -2.08. The number of hydrogen-bond donors (Lipinski definition) is 2. The first-order valence-corrected chi connectivity index (χ1v) is 5.40. The molecule has 92 valence electrons. The molecule has 0 saturated heterocycles. The van der Waals surface area contributed by atoms with E-state index in [9.17, 15) is 4.79 Å². The molecule has 2 aromatic carbocycles. The number of aliphatic hydroxyl groups excluding tert-OH is 1. The fraction of sp³-hybridized carbons (Fsp3) is 0.0714. The molecule has 0 unspecified atom stereocenters. The Balaban J connectivity index is 2.25. The van der Waals surface area contributed by atoms with Gasteiger partial charge in [0.2, 0.25) is 0 Å². The molecule has 0 spiro atoms. The third-order valence-corrected chi connectivity index (χ3v) is 2.45. The Morgan fingerprint density at radius 3 is 2.33 bits per heavy atom. The van der Waals surface area contributed by atoms with Gasteiger partial charge in [0.25, 0.3) is 0 Å². The summed E-state index contributed by atoms with van der Waals surface area (Å²) < 4.78 is 5.51. The Hall–Kier alpha value is -2.33. The van der Waals surface area contributed by atoms with E-state index in [0.29, 0.717) is 11.5 Å². The Kier molecular flexibility index (Phi) is 3.60. The van der Waals surface area contributed by atoms with Crippen LogP contribution in [-0.4, -0.2) is 16.2 Å². The first-order valence-electron chi connectivity index (χ1n) is 5.40. The number of benzene rings is 2. The van der Waals surface area contributed by atoms with Gasteiger partial charge in [-0.3, -0.25) is 0 Å². The van der Waals surface area contributed by atoms with Gasteiger partial charge >= 0.3 is 5.97 Å². The summed E-state index contributed by atoms with van der Waals surface area (Å²) in [6.45, 7) is -0.0357. The lowest BCUT2D eigenvalue weighted by molar-refractivity contribution is 0.0694. The van der Waals surface area contributed by atoms with Crippen molar-refractivity contribution in [2.75, 3.05) is 0 Å². The van der Waals surface area contributed by atoms with Gasteiger partial charge in [0.15, 0.2) is 0 Å². The average molecular weight is 244 g/mol. The maximum absolute atomic E-state index is 11.0. The number of aromatic carboxylic acids is 1. The first-order chi connectivity index (χ1) is 8.70. The van der Waals surface area contributed by atoms with Crippen LogP contribution in [0.15, 0.2) is 48.5 Å². The fourth-order valence-corrected chi connectivity index (χ4v) is 1.52. The lowest BCUT2D eigenvalue weighted by atomic mass is 10.2. The standard InChI is InChI=1S/C14H12O4/c15-9-10-5-7-11(8-6-10)18-13-4-2-1-3-12(13)14(16)17/h1-8,15H,9H2,(H,16,17). The number of carboxylic acids is 1. The van der Waals surface area contributed by atoms with E-state index in [4.69, 9.17) is 14.9 Å². The van der Waals surface area contributed by atoms with Crippen molar-refractivity contribution in [2.24, 2.45) is 0 Å². The van der Waals surface area contributed by atoms with Crippen LogP contribution in [0.25, 0.3) is 0 Å². The number of para-hydroxylation sites is 1. The van der Waals surface area contributed by atoms with E-state index in [1.54, 1.807) is 42.5 Å². The van der Waals surface area contributed by atoms with Crippen LogP contribution >= 0.6 is 0 Å². The van der Waals surface area contributed by atoms with Crippen LogP contribution in [0.4, 0.5) is 0 Å². The molecule has 2 rings (SSSR count). The molecule has 0 fully saturated rings. The normalized spacial score (nSPS) is 10.1. The number of rotatable bonds is 4. The molecular weight excluding hydrogens is 232 g/mol. The van der Waals surface area contributed by atoms with Gasteiger partial charge in [-0.2, -0.15) is 0 Å². The Morgan fingerprint density at radius 1 is 1.06 bits per heavy atom. The van der Waals surface area contributed by atoms with Gasteiger partial charge < -0.3 is 14.9 Å². The van der Waals surface area contributed by atoms with Gasteiger partial charge in [-0.15, -0.1) is 0 Å². The highest BCUT2D eigenvalue weighted by Gasteiger charge is 2.10. The third kappa shape index (κ3) is 2.67. The Morgan fingerprint density at radius 2 is 1.72 bits per heavy atom. The van der Waals surface area contributed by atoms with Crippen LogP contribution < -0.4 is 4.74 Å². The van der Waals surface area contributed by atoms with Crippen molar-refractivity contribution < 1.29 is 19.7 Å². The molecule has 0 aliphatic heterocycles. The van der Waals surface area contributed by atoms with Gasteiger partial charge in [0, 0.05) is 0 Å². The largest absolute Gasteiger partial charge is 0.478 e. The number of hydrogen-bond acceptors (Lipinski definition) is 3. The van der Waals surface area contributed by atoms with Crippen LogP contribution in [-0.2, 0) is 6.61 Å². The molecule has 0 heterocycles. The van der Waals surface area contributed by atoms with Gasteiger partial charge in [0.05, 0.1) is 6.61 Å². The minimum Gasteiger partial charge on any atom is -0.478 e. The van der Waals surface area contributed by atoms with E-state index in [0.717, 1.165) is 5.56 Å². The van der Waals surface area contributed by atoms with E-state index in [2.05, 4.69) is 0 Å². The molecule has 0 aromatic heterocycles.